The molecule has 0 saturated heterocycles. The summed E-state index contributed by atoms with van der Waals surface area (Å²) < 4.78 is 0. The number of hydrogen-bond donors (Lipinski definition) is 2. The number of rotatable bonds is 4. The first-order chi connectivity index (χ1) is 7.90. The number of aryl methyl sites for hydroxylation is 3. The third-order valence-corrected chi connectivity index (χ3v) is 2.73. The van der Waals surface area contributed by atoms with E-state index in [4.69, 9.17) is 5.11 Å². The molecule has 0 saturated carbocycles. The van der Waals surface area contributed by atoms with Gasteiger partial charge < -0.3 is 10.4 Å². The topological polar surface area (TPSA) is 49.3 Å². The highest BCUT2D eigenvalue weighted by atomic mass is 16.3. The van der Waals surface area contributed by atoms with Crippen LogP contribution in [0.25, 0.3) is 0 Å². The van der Waals surface area contributed by atoms with Gasteiger partial charge in [0.2, 0.25) is 5.91 Å². The fourth-order valence-electron chi connectivity index (χ4n) is 1.92. The van der Waals surface area contributed by atoms with E-state index in [9.17, 15) is 4.79 Å². The standard InChI is InChI=1S/C14H21NO2/c1-9-7-10(2)14(11(3)8-9)15-13(17)6-5-12(4)16/h7-8,12,16H,5-6H2,1-4H3,(H,15,17). The molecule has 3 nitrogen and oxygen atoms in total. The maximum atomic E-state index is 11.7. The number of nitrogens with one attached hydrogen (secondary N) is 1. The van der Waals surface area contributed by atoms with Gasteiger partial charge >= 0.3 is 0 Å². The molecule has 1 unspecified atom stereocenters. The molecule has 1 rings (SSSR count). The summed E-state index contributed by atoms with van der Waals surface area (Å²) in [7, 11) is 0. The number of anilines is 1. The summed E-state index contributed by atoms with van der Waals surface area (Å²) in [6.45, 7) is 7.71. The van der Waals surface area contributed by atoms with Crippen LogP contribution in [0, 0.1) is 20.8 Å². The minimum atomic E-state index is -0.430. The number of hydrogen-bond acceptors (Lipinski definition) is 2. The van der Waals surface area contributed by atoms with Gasteiger partial charge in [0.25, 0.3) is 0 Å². The van der Waals surface area contributed by atoms with Gasteiger partial charge in [0.1, 0.15) is 0 Å². The molecule has 1 aromatic rings. The summed E-state index contributed by atoms with van der Waals surface area (Å²) in [5, 5.41) is 12.0. The predicted molar refractivity (Wildman–Crippen MR) is 70.2 cm³/mol. The SMILES string of the molecule is Cc1cc(C)c(NC(=O)CCC(C)O)c(C)c1. The van der Waals surface area contributed by atoms with Gasteiger partial charge in [0.05, 0.1) is 6.10 Å². The fourth-order valence-corrected chi connectivity index (χ4v) is 1.92. The molecule has 17 heavy (non-hydrogen) atoms. The molecule has 0 aliphatic heterocycles. The highest BCUT2D eigenvalue weighted by Gasteiger charge is 2.09. The van der Waals surface area contributed by atoms with Crippen LogP contribution >= 0.6 is 0 Å². The summed E-state index contributed by atoms with van der Waals surface area (Å²) in [6, 6.07) is 4.11. The van der Waals surface area contributed by atoms with Crippen molar-refractivity contribution in [2.75, 3.05) is 5.32 Å². The van der Waals surface area contributed by atoms with Crippen LogP contribution in [0.15, 0.2) is 12.1 Å². The lowest BCUT2D eigenvalue weighted by Gasteiger charge is -2.13. The summed E-state index contributed by atoms with van der Waals surface area (Å²) in [5.41, 5.74) is 4.24. The van der Waals surface area contributed by atoms with Crippen molar-refractivity contribution in [2.45, 2.75) is 46.6 Å². The Hall–Kier alpha value is -1.35. The molecule has 2 N–H and O–H groups in total. The Morgan fingerprint density at radius 1 is 1.29 bits per heavy atom. The van der Waals surface area contributed by atoms with Crippen molar-refractivity contribution in [2.24, 2.45) is 0 Å². The van der Waals surface area contributed by atoms with Crippen LogP contribution in [0.5, 0.6) is 0 Å². The van der Waals surface area contributed by atoms with Crippen LogP contribution in [0.3, 0.4) is 0 Å². The van der Waals surface area contributed by atoms with Gasteiger partial charge in [-0.05, 0) is 45.2 Å². The first-order valence-corrected chi connectivity index (χ1v) is 5.96. The lowest BCUT2D eigenvalue weighted by Crippen LogP contribution is -2.15. The zero-order chi connectivity index (χ0) is 13.0. The van der Waals surface area contributed by atoms with Crippen molar-refractivity contribution in [1.82, 2.24) is 0 Å². The van der Waals surface area contributed by atoms with Crippen LogP contribution < -0.4 is 5.32 Å². The highest BCUT2D eigenvalue weighted by Crippen LogP contribution is 2.22. The lowest BCUT2D eigenvalue weighted by atomic mass is 10.0. The van der Waals surface area contributed by atoms with E-state index in [0.717, 1.165) is 16.8 Å². The quantitative estimate of drug-likeness (QED) is 0.843. The van der Waals surface area contributed by atoms with Crippen molar-refractivity contribution in [3.63, 3.8) is 0 Å². The van der Waals surface area contributed by atoms with Gasteiger partial charge in [0, 0.05) is 12.1 Å². The van der Waals surface area contributed by atoms with E-state index < -0.39 is 6.10 Å². The minimum absolute atomic E-state index is 0.0408. The Morgan fingerprint density at radius 3 is 2.29 bits per heavy atom. The Bertz CT molecular complexity index is 388. The van der Waals surface area contributed by atoms with Crippen molar-refractivity contribution < 1.29 is 9.90 Å². The van der Waals surface area contributed by atoms with E-state index in [1.165, 1.54) is 5.56 Å². The number of carbonyl (C=O) groups is 1. The molecule has 0 radical (unpaired) electrons. The van der Waals surface area contributed by atoms with Crippen LogP contribution in [0.4, 0.5) is 5.69 Å². The van der Waals surface area contributed by atoms with Crippen LogP contribution in [-0.2, 0) is 4.79 Å². The maximum absolute atomic E-state index is 11.7. The van der Waals surface area contributed by atoms with Crippen molar-refractivity contribution in [1.29, 1.82) is 0 Å². The Kier molecular flexibility index (Phi) is 4.70. The summed E-state index contributed by atoms with van der Waals surface area (Å²) in [4.78, 5) is 11.7. The van der Waals surface area contributed by atoms with E-state index in [1.807, 2.05) is 20.8 Å². The molecule has 1 amide bonds. The molecule has 0 fully saturated rings. The molecule has 0 aliphatic rings. The maximum Gasteiger partial charge on any atom is 0.224 e. The molecule has 0 spiro atoms. The van der Waals surface area contributed by atoms with Crippen LogP contribution in [0.2, 0.25) is 0 Å². The number of carbonyl (C=O) groups excluding carboxylic acids is 1. The zero-order valence-corrected chi connectivity index (χ0v) is 11.0. The number of aliphatic hydroxyl groups is 1. The molecule has 0 bridgehead atoms. The summed E-state index contributed by atoms with van der Waals surface area (Å²) in [6.07, 6.45) is 0.418. The first kappa shape index (κ1) is 13.7. The Morgan fingerprint density at radius 2 is 1.82 bits per heavy atom. The third kappa shape index (κ3) is 4.19. The number of amides is 1. The minimum Gasteiger partial charge on any atom is -0.393 e. The second kappa shape index (κ2) is 5.82. The average molecular weight is 235 g/mol. The normalized spacial score (nSPS) is 12.3. The lowest BCUT2D eigenvalue weighted by molar-refractivity contribution is -0.116. The number of benzene rings is 1. The van der Waals surface area contributed by atoms with Crippen LogP contribution in [0.1, 0.15) is 36.5 Å². The molecule has 94 valence electrons. The molecular weight excluding hydrogens is 214 g/mol. The van der Waals surface area contributed by atoms with Gasteiger partial charge in [-0.3, -0.25) is 4.79 Å². The molecule has 0 aromatic heterocycles. The number of aliphatic hydroxyl groups excluding tert-OH is 1. The van der Waals surface area contributed by atoms with Gasteiger partial charge in [-0.2, -0.15) is 0 Å². The van der Waals surface area contributed by atoms with Crippen molar-refractivity contribution in [3.8, 4) is 0 Å². The smallest absolute Gasteiger partial charge is 0.224 e. The van der Waals surface area contributed by atoms with E-state index in [2.05, 4.69) is 17.4 Å². The van der Waals surface area contributed by atoms with E-state index in [-0.39, 0.29) is 5.91 Å². The summed E-state index contributed by atoms with van der Waals surface area (Å²) in [5.74, 6) is -0.0408. The van der Waals surface area contributed by atoms with Gasteiger partial charge in [-0.15, -0.1) is 0 Å². The first-order valence-electron chi connectivity index (χ1n) is 5.96. The van der Waals surface area contributed by atoms with Crippen LogP contribution in [-0.4, -0.2) is 17.1 Å². The third-order valence-electron chi connectivity index (χ3n) is 2.73. The van der Waals surface area contributed by atoms with E-state index in [0.29, 0.717) is 12.8 Å². The predicted octanol–water partition coefficient (Wildman–Crippen LogP) is 2.71. The zero-order valence-electron chi connectivity index (χ0n) is 11.0. The van der Waals surface area contributed by atoms with E-state index in [1.54, 1.807) is 6.92 Å². The molecule has 0 aliphatic carbocycles. The van der Waals surface area contributed by atoms with Gasteiger partial charge in [-0.25, -0.2) is 0 Å². The molecule has 1 atom stereocenters. The van der Waals surface area contributed by atoms with Crippen molar-refractivity contribution >= 4 is 11.6 Å². The molecular formula is C14H21NO2. The molecule has 3 heteroatoms. The van der Waals surface area contributed by atoms with Gasteiger partial charge in [-0.1, -0.05) is 17.7 Å². The monoisotopic (exact) mass is 235 g/mol. The molecule has 1 aromatic carbocycles. The molecule has 0 heterocycles. The Labute approximate surface area is 103 Å². The van der Waals surface area contributed by atoms with Crippen molar-refractivity contribution in [3.05, 3.63) is 28.8 Å². The van der Waals surface area contributed by atoms with Gasteiger partial charge in [0.15, 0.2) is 0 Å². The second-order valence-electron chi connectivity index (χ2n) is 4.71. The second-order valence-corrected chi connectivity index (χ2v) is 4.71. The average Bonchev–Trinajstić information content (AvgIpc) is 2.20. The fraction of sp³-hybridized carbons (Fsp3) is 0.500. The highest BCUT2D eigenvalue weighted by molar-refractivity contribution is 5.92. The Balaban J connectivity index is 2.72. The van der Waals surface area contributed by atoms with E-state index >= 15 is 0 Å². The largest absolute Gasteiger partial charge is 0.393 e. The summed E-state index contributed by atoms with van der Waals surface area (Å²) >= 11 is 0.